The largest absolute Gasteiger partial charge is 0.418 e. The summed E-state index contributed by atoms with van der Waals surface area (Å²) in [7, 11) is 0. The molecule has 0 saturated heterocycles. The van der Waals surface area contributed by atoms with Crippen LogP contribution in [0.15, 0.2) is 54.7 Å². The second-order valence-corrected chi connectivity index (χ2v) is 5.23. The summed E-state index contributed by atoms with van der Waals surface area (Å²) in [5, 5.41) is 2.63. The Kier molecular flexibility index (Phi) is 3.77. The number of alkyl halides is 3. The van der Waals surface area contributed by atoms with Gasteiger partial charge in [-0.1, -0.05) is 30.3 Å². The van der Waals surface area contributed by atoms with Gasteiger partial charge in [-0.2, -0.15) is 13.2 Å². The maximum absolute atomic E-state index is 13.1. The molecule has 23 heavy (non-hydrogen) atoms. The van der Waals surface area contributed by atoms with Crippen molar-refractivity contribution < 1.29 is 18.0 Å². The molecule has 0 spiro atoms. The molecule has 3 nitrogen and oxygen atoms in total. The molecule has 1 aliphatic rings. The molecule has 0 aromatic heterocycles. The number of carbonyl (C=O) groups excluding carboxylic acids is 1. The van der Waals surface area contributed by atoms with Crippen molar-refractivity contribution >= 4 is 34.6 Å². The van der Waals surface area contributed by atoms with Crippen LogP contribution in [0.4, 0.5) is 24.5 Å². The van der Waals surface area contributed by atoms with Crippen LogP contribution in [0.5, 0.6) is 0 Å². The normalized spacial score (nSPS) is 15.5. The number of anilines is 2. The fraction of sp³-hybridized carbons (Fsp3) is 0.0625. The van der Waals surface area contributed by atoms with E-state index >= 15 is 0 Å². The SMILES string of the molecule is O=C1Nc2ccccc2C1=CN(Cl)c1ccccc1C(F)(F)F. The van der Waals surface area contributed by atoms with Crippen LogP contribution in [-0.2, 0) is 11.0 Å². The van der Waals surface area contributed by atoms with Gasteiger partial charge in [-0.05, 0) is 18.2 Å². The molecule has 1 amide bonds. The van der Waals surface area contributed by atoms with E-state index < -0.39 is 17.6 Å². The molecule has 2 aromatic carbocycles. The predicted molar refractivity (Wildman–Crippen MR) is 82.8 cm³/mol. The zero-order valence-electron chi connectivity index (χ0n) is 11.6. The second-order valence-electron chi connectivity index (χ2n) is 4.87. The van der Waals surface area contributed by atoms with Gasteiger partial charge < -0.3 is 5.32 Å². The monoisotopic (exact) mass is 338 g/mol. The van der Waals surface area contributed by atoms with E-state index in [1.165, 1.54) is 24.4 Å². The first-order valence-corrected chi connectivity index (χ1v) is 6.95. The molecule has 0 radical (unpaired) electrons. The van der Waals surface area contributed by atoms with Gasteiger partial charge in [0, 0.05) is 29.2 Å². The number of hydrogen-bond acceptors (Lipinski definition) is 2. The third-order valence-electron chi connectivity index (χ3n) is 3.39. The van der Waals surface area contributed by atoms with E-state index in [-0.39, 0.29) is 11.3 Å². The smallest absolute Gasteiger partial charge is 0.321 e. The fourth-order valence-electron chi connectivity index (χ4n) is 2.35. The van der Waals surface area contributed by atoms with Crippen LogP contribution >= 0.6 is 11.8 Å². The summed E-state index contributed by atoms with van der Waals surface area (Å²) >= 11 is 6.01. The van der Waals surface area contributed by atoms with Crippen LogP contribution < -0.4 is 9.74 Å². The highest BCUT2D eigenvalue weighted by atomic mass is 35.5. The van der Waals surface area contributed by atoms with E-state index in [0.29, 0.717) is 11.3 Å². The Morgan fingerprint density at radius 2 is 1.70 bits per heavy atom. The van der Waals surface area contributed by atoms with E-state index in [2.05, 4.69) is 5.32 Å². The summed E-state index contributed by atoms with van der Waals surface area (Å²) in [5.41, 5.74) is 0.267. The van der Waals surface area contributed by atoms with Crippen molar-refractivity contribution in [1.82, 2.24) is 0 Å². The highest BCUT2D eigenvalue weighted by Gasteiger charge is 2.34. The van der Waals surface area contributed by atoms with Crippen molar-refractivity contribution in [2.75, 3.05) is 9.74 Å². The lowest BCUT2D eigenvalue weighted by Crippen LogP contribution is -2.13. The zero-order chi connectivity index (χ0) is 16.6. The summed E-state index contributed by atoms with van der Waals surface area (Å²) in [5.74, 6) is -0.415. The average molecular weight is 339 g/mol. The van der Waals surface area contributed by atoms with Gasteiger partial charge in [0.2, 0.25) is 0 Å². The van der Waals surface area contributed by atoms with E-state index in [9.17, 15) is 18.0 Å². The number of nitrogens with zero attached hydrogens (tertiary/aromatic N) is 1. The summed E-state index contributed by atoms with van der Waals surface area (Å²) in [4.78, 5) is 12.0. The first-order chi connectivity index (χ1) is 10.9. The Bertz CT molecular complexity index is 802. The van der Waals surface area contributed by atoms with Crippen LogP contribution in [0.25, 0.3) is 5.57 Å². The number of para-hydroxylation sites is 2. The van der Waals surface area contributed by atoms with Crippen LogP contribution in [-0.4, -0.2) is 5.91 Å². The summed E-state index contributed by atoms with van der Waals surface area (Å²) in [6, 6.07) is 11.8. The first kappa shape index (κ1) is 15.4. The number of amides is 1. The zero-order valence-corrected chi connectivity index (χ0v) is 12.3. The number of benzene rings is 2. The highest BCUT2D eigenvalue weighted by Crippen LogP contribution is 2.38. The van der Waals surface area contributed by atoms with Crippen molar-refractivity contribution in [2.24, 2.45) is 0 Å². The maximum Gasteiger partial charge on any atom is 0.418 e. The number of hydrogen-bond donors (Lipinski definition) is 1. The van der Waals surface area contributed by atoms with Gasteiger partial charge in [-0.3, -0.25) is 9.21 Å². The van der Waals surface area contributed by atoms with Gasteiger partial charge in [0.05, 0.1) is 16.8 Å². The number of nitrogens with one attached hydrogen (secondary N) is 1. The van der Waals surface area contributed by atoms with Crippen molar-refractivity contribution in [1.29, 1.82) is 0 Å². The van der Waals surface area contributed by atoms with Gasteiger partial charge >= 0.3 is 6.18 Å². The standard InChI is InChI=1S/C16H10ClF3N2O/c17-22(14-8-4-2-6-12(14)16(18,19)20)9-11-10-5-1-3-7-13(10)21-15(11)23/h1-9H,(H,21,23). The lowest BCUT2D eigenvalue weighted by Gasteiger charge is -2.18. The van der Waals surface area contributed by atoms with Gasteiger partial charge in [0.25, 0.3) is 5.91 Å². The molecule has 7 heteroatoms. The molecule has 0 unspecified atom stereocenters. The molecule has 0 bridgehead atoms. The van der Waals surface area contributed by atoms with Crippen molar-refractivity contribution in [3.8, 4) is 0 Å². The quantitative estimate of drug-likeness (QED) is 0.638. The molecular weight excluding hydrogens is 329 g/mol. The third-order valence-corrected chi connectivity index (χ3v) is 3.67. The average Bonchev–Trinajstić information content (AvgIpc) is 2.82. The van der Waals surface area contributed by atoms with Gasteiger partial charge in [-0.15, -0.1) is 0 Å². The van der Waals surface area contributed by atoms with E-state index in [1.54, 1.807) is 24.3 Å². The van der Waals surface area contributed by atoms with E-state index in [0.717, 1.165) is 10.5 Å². The highest BCUT2D eigenvalue weighted by molar-refractivity contribution is 6.34. The summed E-state index contributed by atoms with van der Waals surface area (Å²) < 4.78 is 39.9. The summed E-state index contributed by atoms with van der Waals surface area (Å²) in [6.45, 7) is 0. The minimum absolute atomic E-state index is 0.201. The number of rotatable bonds is 2. The number of halogens is 4. The molecule has 0 atom stereocenters. The minimum atomic E-state index is -4.54. The first-order valence-electron chi connectivity index (χ1n) is 6.62. The van der Waals surface area contributed by atoms with Crippen molar-refractivity contribution in [3.05, 3.63) is 65.9 Å². The third kappa shape index (κ3) is 2.90. The predicted octanol–water partition coefficient (Wildman–Crippen LogP) is 4.66. The Hall–Kier alpha value is -2.47. The van der Waals surface area contributed by atoms with Crippen LogP contribution in [0, 0.1) is 0 Å². The van der Waals surface area contributed by atoms with Crippen LogP contribution in [0.3, 0.4) is 0 Å². The molecule has 118 valence electrons. The summed E-state index contributed by atoms with van der Waals surface area (Å²) in [6.07, 6.45) is -3.36. The molecule has 0 aliphatic carbocycles. The molecule has 1 N–H and O–H groups in total. The molecular formula is C16H10ClF3N2O. The Labute approximate surface area is 135 Å². The van der Waals surface area contributed by atoms with Gasteiger partial charge in [-0.25, -0.2) is 0 Å². The Morgan fingerprint density at radius 3 is 2.43 bits per heavy atom. The van der Waals surface area contributed by atoms with Crippen LogP contribution in [0.1, 0.15) is 11.1 Å². The fourth-order valence-corrected chi connectivity index (χ4v) is 2.59. The number of fused-ring (bicyclic) bond motifs is 1. The van der Waals surface area contributed by atoms with Crippen molar-refractivity contribution in [3.63, 3.8) is 0 Å². The van der Waals surface area contributed by atoms with Gasteiger partial charge in [0.1, 0.15) is 0 Å². The molecule has 1 heterocycles. The molecule has 1 aliphatic heterocycles. The van der Waals surface area contributed by atoms with Crippen molar-refractivity contribution in [2.45, 2.75) is 6.18 Å². The lowest BCUT2D eigenvalue weighted by molar-refractivity contribution is -0.137. The van der Waals surface area contributed by atoms with Gasteiger partial charge in [0.15, 0.2) is 0 Å². The Morgan fingerprint density at radius 1 is 1.04 bits per heavy atom. The topological polar surface area (TPSA) is 32.3 Å². The second kappa shape index (κ2) is 5.62. The molecule has 0 saturated carbocycles. The lowest BCUT2D eigenvalue weighted by atomic mass is 10.1. The minimum Gasteiger partial charge on any atom is -0.321 e. The van der Waals surface area contributed by atoms with E-state index in [1.807, 2.05) is 0 Å². The van der Waals surface area contributed by atoms with Crippen LogP contribution in [0.2, 0.25) is 0 Å². The van der Waals surface area contributed by atoms with E-state index in [4.69, 9.17) is 11.8 Å². The number of carbonyl (C=O) groups is 1. The maximum atomic E-state index is 13.1. The molecule has 3 rings (SSSR count). The molecule has 0 fully saturated rings. The Balaban J connectivity index is 2.03. The molecule has 2 aromatic rings.